The largest absolute Gasteiger partial charge is 0.496 e. The van der Waals surface area contributed by atoms with E-state index in [2.05, 4.69) is 20.9 Å². The topological polar surface area (TPSA) is 22.1 Å². The lowest BCUT2D eigenvalue weighted by molar-refractivity contribution is 0.416. The smallest absolute Gasteiger partial charge is 0.159 e. The van der Waals surface area contributed by atoms with E-state index in [0.29, 0.717) is 10.6 Å². The van der Waals surface area contributed by atoms with Crippen LogP contribution in [0.1, 0.15) is 5.69 Å². The van der Waals surface area contributed by atoms with Crippen molar-refractivity contribution >= 4 is 39.0 Å². The molecule has 0 unspecified atom stereocenters. The maximum absolute atomic E-state index is 13.2. The van der Waals surface area contributed by atoms with Gasteiger partial charge in [0.05, 0.1) is 18.4 Å². The number of hydrogen-bond acceptors (Lipinski definition) is 4. The number of aromatic nitrogens is 1. The van der Waals surface area contributed by atoms with Crippen LogP contribution in [0.2, 0.25) is 0 Å². The van der Waals surface area contributed by atoms with Crippen LogP contribution in [-0.2, 0) is 5.75 Å². The molecule has 0 aliphatic carbocycles. The Morgan fingerprint density at radius 2 is 2.00 bits per heavy atom. The Kier molecular flexibility index (Phi) is 5.53. The molecule has 0 aliphatic heterocycles. The summed E-state index contributed by atoms with van der Waals surface area (Å²) in [4.78, 5) is 5.28. The van der Waals surface area contributed by atoms with Crippen LogP contribution in [0.3, 0.4) is 0 Å². The summed E-state index contributed by atoms with van der Waals surface area (Å²) in [5.41, 5.74) is 1.80. The van der Waals surface area contributed by atoms with Crippen molar-refractivity contribution in [3.63, 3.8) is 0 Å². The molecule has 0 amide bonds. The second kappa shape index (κ2) is 7.63. The standard InChI is InChI=1S/C17H12BrF2NOS2/c1-22-16-5-2-10(18)6-13(16)17-21-11(9-24-17)8-23-12-3-4-14(19)15(20)7-12/h2-7,9H,8H2,1H3. The second-order valence-corrected chi connectivity index (χ2v) is 7.68. The van der Waals surface area contributed by atoms with Crippen molar-refractivity contribution in [2.75, 3.05) is 7.11 Å². The molecular formula is C17H12BrF2NOS2. The van der Waals surface area contributed by atoms with Crippen molar-refractivity contribution in [3.8, 4) is 16.3 Å². The van der Waals surface area contributed by atoms with Crippen molar-refractivity contribution in [1.29, 1.82) is 0 Å². The highest BCUT2D eigenvalue weighted by atomic mass is 79.9. The SMILES string of the molecule is COc1ccc(Br)cc1-c1nc(CSc2ccc(F)c(F)c2)cs1. The van der Waals surface area contributed by atoms with Crippen LogP contribution in [0, 0.1) is 11.6 Å². The summed E-state index contributed by atoms with van der Waals surface area (Å²) in [6.45, 7) is 0. The van der Waals surface area contributed by atoms with Crippen LogP contribution >= 0.6 is 39.0 Å². The molecule has 1 aromatic heterocycles. The highest BCUT2D eigenvalue weighted by Crippen LogP contribution is 2.35. The molecule has 2 nitrogen and oxygen atoms in total. The van der Waals surface area contributed by atoms with Gasteiger partial charge >= 0.3 is 0 Å². The van der Waals surface area contributed by atoms with Crippen molar-refractivity contribution in [2.24, 2.45) is 0 Å². The van der Waals surface area contributed by atoms with Gasteiger partial charge < -0.3 is 4.74 Å². The van der Waals surface area contributed by atoms with E-state index in [-0.39, 0.29) is 0 Å². The van der Waals surface area contributed by atoms with E-state index in [1.54, 1.807) is 13.2 Å². The van der Waals surface area contributed by atoms with E-state index in [1.165, 1.54) is 29.2 Å². The minimum absolute atomic E-state index is 0.581. The number of methoxy groups -OCH3 is 1. The normalized spacial score (nSPS) is 10.8. The average molecular weight is 428 g/mol. The van der Waals surface area contributed by atoms with Crippen molar-refractivity contribution < 1.29 is 13.5 Å². The van der Waals surface area contributed by atoms with Gasteiger partial charge in [-0.3, -0.25) is 0 Å². The third-order valence-corrected chi connectivity index (χ3v) is 5.67. The summed E-state index contributed by atoms with van der Waals surface area (Å²) in [6, 6.07) is 9.66. The van der Waals surface area contributed by atoms with Gasteiger partial charge in [0.1, 0.15) is 10.8 Å². The van der Waals surface area contributed by atoms with Crippen molar-refractivity contribution in [2.45, 2.75) is 10.6 Å². The summed E-state index contributed by atoms with van der Waals surface area (Å²) in [6.07, 6.45) is 0. The minimum atomic E-state index is -0.836. The first-order chi connectivity index (χ1) is 11.6. The zero-order valence-electron chi connectivity index (χ0n) is 12.6. The summed E-state index contributed by atoms with van der Waals surface area (Å²) >= 11 is 6.39. The zero-order chi connectivity index (χ0) is 17.1. The molecule has 2 aromatic carbocycles. The van der Waals surface area contributed by atoms with E-state index in [0.717, 1.165) is 32.6 Å². The molecule has 124 valence electrons. The fourth-order valence-corrected chi connectivity index (χ4v) is 4.19. The number of thioether (sulfide) groups is 1. The Morgan fingerprint density at radius 1 is 1.17 bits per heavy atom. The number of nitrogens with zero attached hydrogens (tertiary/aromatic N) is 1. The molecule has 0 saturated heterocycles. The Balaban J connectivity index is 1.76. The predicted molar refractivity (Wildman–Crippen MR) is 97.7 cm³/mol. The molecule has 0 saturated carbocycles. The first-order valence-electron chi connectivity index (χ1n) is 6.93. The van der Waals surface area contributed by atoms with Gasteiger partial charge in [-0.05, 0) is 36.4 Å². The highest BCUT2D eigenvalue weighted by Gasteiger charge is 2.12. The van der Waals surface area contributed by atoms with E-state index in [4.69, 9.17) is 4.74 Å². The second-order valence-electron chi connectivity index (χ2n) is 4.85. The fourth-order valence-electron chi connectivity index (χ4n) is 2.07. The number of rotatable bonds is 5. The summed E-state index contributed by atoms with van der Waals surface area (Å²) in [5.74, 6) is -0.333. The van der Waals surface area contributed by atoms with Gasteiger partial charge in [-0.1, -0.05) is 15.9 Å². The van der Waals surface area contributed by atoms with Crippen LogP contribution < -0.4 is 4.74 Å². The number of ether oxygens (including phenoxy) is 1. The Bertz CT molecular complexity index is 870. The lowest BCUT2D eigenvalue weighted by atomic mass is 10.2. The Labute approximate surface area is 155 Å². The zero-order valence-corrected chi connectivity index (χ0v) is 15.8. The van der Waals surface area contributed by atoms with E-state index in [1.807, 2.05) is 23.6 Å². The van der Waals surface area contributed by atoms with Gasteiger partial charge in [-0.2, -0.15) is 0 Å². The quantitative estimate of drug-likeness (QED) is 0.455. The molecule has 3 rings (SSSR count). The maximum atomic E-state index is 13.2. The number of halogens is 3. The van der Waals surface area contributed by atoms with Crippen LogP contribution in [0.5, 0.6) is 5.75 Å². The van der Waals surface area contributed by atoms with E-state index in [9.17, 15) is 8.78 Å². The molecule has 0 fully saturated rings. The number of thiazole rings is 1. The predicted octanol–water partition coefficient (Wildman–Crippen LogP) is 6.15. The molecular weight excluding hydrogens is 416 g/mol. The molecule has 0 spiro atoms. The molecule has 0 radical (unpaired) electrons. The summed E-state index contributed by atoms with van der Waals surface area (Å²) in [7, 11) is 1.63. The summed E-state index contributed by atoms with van der Waals surface area (Å²) in [5, 5.41) is 2.82. The third kappa shape index (κ3) is 3.96. The Morgan fingerprint density at radius 3 is 2.75 bits per heavy atom. The maximum Gasteiger partial charge on any atom is 0.159 e. The first kappa shape index (κ1) is 17.4. The van der Waals surface area contributed by atoms with E-state index >= 15 is 0 Å². The number of hydrogen-bond donors (Lipinski definition) is 0. The lowest BCUT2D eigenvalue weighted by Crippen LogP contribution is -1.88. The van der Waals surface area contributed by atoms with Crippen LogP contribution in [0.15, 0.2) is 51.1 Å². The Hall–Kier alpha value is -1.44. The minimum Gasteiger partial charge on any atom is -0.496 e. The fraction of sp³-hybridized carbons (Fsp3) is 0.118. The molecule has 0 atom stereocenters. The van der Waals surface area contributed by atoms with E-state index < -0.39 is 11.6 Å². The van der Waals surface area contributed by atoms with Crippen molar-refractivity contribution in [3.05, 3.63) is 63.6 Å². The van der Waals surface area contributed by atoms with Gasteiger partial charge in [0.25, 0.3) is 0 Å². The van der Waals surface area contributed by atoms with Gasteiger partial charge in [-0.15, -0.1) is 23.1 Å². The number of benzene rings is 2. The molecule has 7 heteroatoms. The molecule has 0 N–H and O–H groups in total. The van der Waals surface area contributed by atoms with Crippen LogP contribution in [0.4, 0.5) is 8.78 Å². The van der Waals surface area contributed by atoms with Crippen LogP contribution in [0.25, 0.3) is 10.6 Å². The average Bonchev–Trinajstić information content (AvgIpc) is 3.05. The van der Waals surface area contributed by atoms with Crippen LogP contribution in [-0.4, -0.2) is 12.1 Å². The lowest BCUT2D eigenvalue weighted by Gasteiger charge is -2.06. The third-order valence-electron chi connectivity index (χ3n) is 3.22. The molecule has 0 bridgehead atoms. The molecule has 0 aliphatic rings. The van der Waals surface area contributed by atoms with Gasteiger partial charge in [0, 0.05) is 20.5 Å². The highest BCUT2D eigenvalue weighted by molar-refractivity contribution is 9.10. The summed E-state index contributed by atoms with van der Waals surface area (Å²) < 4.78 is 32.5. The van der Waals surface area contributed by atoms with Gasteiger partial charge in [-0.25, -0.2) is 13.8 Å². The van der Waals surface area contributed by atoms with Crippen molar-refractivity contribution in [1.82, 2.24) is 4.98 Å². The van der Waals surface area contributed by atoms with Gasteiger partial charge in [0.2, 0.25) is 0 Å². The van der Waals surface area contributed by atoms with Gasteiger partial charge in [0.15, 0.2) is 11.6 Å². The first-order valence-corrected chi connectivity index (χ1v) is 9.59. The molecule has 3 aromatic rings. The molecule has 24 heavy (non-hydrogen) atoms. The molecule has 1 heterocycles. The monoisotopic (exact) mass is 427 g/mol.